The van der Waals surface area contributed by atoms with Gasteiger partial charge in [-0.25, -0.2) is 0 Å². The largest absolute Gasteiger partial charge is 0.454 e. The number of carbonyl (C=O) groups is 3. The average Bonchev–Trinajstić information content (AvgIpc) is 3.64. The molecule has 3 amide bonds. The zero-order chi connectivity index (χ0) is 34.3. The molecule has 0 radical (unpaired) electrons. The summed E-state index contributed by atoms with van der Waals surface area (Å²) in [5.41, 5.74) is 1.51. The number of amides is 3. The lowest BCUT2D eigenvalue weighted by Gasteiger charge is -2.28. The number of hydrogen-bond acceptors (Lipinski definition) is 6. The van der Waals surface area contributed by atoms with Crippen LogP contribution in [-0.4, -0.2) is 52.0 Å². The summed E-state index contributed by atoms with van der Waals surface area (Å²) in [6, 6.07) is 26.8. The van der Waals surface area contributed by atoms with Gasteiger partial charge < -0.3 is 24.7 Å². The number of para-hydroxylation sites is 3. The maximum Gasteiger partial charge on any atom is 0.266 e. The van der Waals surface area contributed by atoms with Crippen LogP contribution in [0.25, 0.3) is 0 Å². The fourth-order valence-corrected chi connectivity index (χ4v) is 7.23. The van der Waals surface area contributed by atoms with Crippen LogP contribution in [0.15, 0.2) is 103 Å². The first-order valence-corrected chi connectivity index (χ1v) is 16.8. The van der Waals surface area contributed by atoms with E-state index < -0.39 is 17.4 Å². The van der Waals surface area contributed by atoms with Crippen LogP contribution in [0.1, 0.15) is 47.7 Å². The van der Waals surface area contributed by atoms with Gasteiger partial charge >= 0.3 is 0 Å². The Kier molecular flexibility index (Phi) is 8.75. The summed E-state index contributed by atoms with van der Waals surface area (Å²) >= 11 is 6.37. The Labute approximate surface area is 289 Å². The second-order valence-electron chi connectivity index (χ2n) is 12.7. The second-order valence-corrected chi connectivity index (χ2v) is 13.1. The molecule has 10 heteroatoms. The lowest BCUT2D eigenvalue weighted by atomic mass is 9.83. The number of anilines is 3. The van der Waals surface area contributed by atoms with Crippen molar-refractivity contribution < 1.29 is 29.3 Å². The van der Waals surface area contributed by atoms with Crippen LogP contribution >= 0.6 is 11.6 Å². The van der Waals surface area contributed by atoms with Gasteiger partial charge in [0.25, 0.3) is 11.8 Å². The van der Waals surface area contributed by atoms with E-state index in [1.54, 1.807) is 70.2 Å². The molecular formula is C39H36ClN3O6. The predicted molar refractivity (Wildman–Crippen MR) is 187 cm³/mol. The molecule has 3 heterocycles. The highest BCUT2D eigenvalue weighted by molar-refractivity contribution is 6.31. The summed E-state index contributed by atoms with van der Waals surface area (Å²) in [5.74, 6) is -0.460. The van der Waals surface area contributed by atoms with Crippen molar-refractivity contribution in [3.05, 3.63) is 125 Å². The van der Waals surface area contributed by atoms with Gasteiger partial charge in [-0.1, -0.05) is 67.1 Å². The molecule has 250 valence electrons. The van der Waals surface area contributed by atoms with Crippen molar-refractivity contribution in [2.75, 3.05) is 23.0 Å². The Morgan fingerprint density at radius 1 is 1.00 bits per heavy atom. The molecule has 0 saturated carbocycles. The van der Waals surface area contributed by atoms with E-state index in [2.05, 4.69) is 0 Å². The van der Waals surface area contributed by atoms with Gasteiger partial charge in [-0.15, -0.1) is 0 Å². The minimum atomic E-state index is -1.91. The van der Waals surface area contributed by atoms with Gasteiger partial charge in [-0.3, -0.25) is 19.3 Å². The van der Waals surface area contributed by atoms with E-state index >= 15 is 0 Å². The van der Waals surface area contributed by atoms with Crippen molar-refractivity contribution in [1.29, 1.82) is 0 Å². The molecule has 4 aromatic rings. The van der Waals surface area contributed by atoms with Crippen molar-refractivity contribution in [2.45, 2.75) is 44.4 Å². The summed E-state index contributed by atoms with van der Waals surface area (Å²) < 4.78 is 6.12. The second kappa shape index (κ2) is 13.2. The molecule has 0 unspecified atom stereocenters. The van der Waals surface area contributed by atoms with E-state index in [4.69, 9.17) is 16.3 Å². The molecule has 2 N–H and O–H groups in total. The topological polar surface area (TPSA) is 111 Å². The minimum Gasteiger partial charge on any atom is -0.454 e. The summed E-state index contributed by atoms with van der Waals surface area (Å²) in [4.78, 5) is 45.6. The van der Waals surface area contributed by atoms with E-state index in [0.29, 0.717) is 51.3 Å². The molecule has 0 spiro atoms. The van der Waals surface area contributed by atoms with Crippen molar-refractivity contribution in [1.82, 2.24) is 4.90 Å². The molecule has 0 aromatic heterocycles. The fourth-order valence-electron chi connectivity index (χ4n) is 7.06. The third-order valence-corrected chi connectivity index (χ3v) is 9.93. The van der Waals surface area contributed by atoms with Crippen LogP contribution in [0.3, 0.4) is 0 Å². The lowest BCUT2D eigenvalue weighted by Crippen LogP contribution is -2.44. The first-order valence-electron chi connectivity index (χ1n) is 16.4. The maximum atomic E-state index is 14.1. The summed E-state index contributed by atoms with van der Waals surface area (Å²) in [6.07, 6.45) is 5.12. The number of likely N-dealkylation sites (tertiary alicyclic amines) is 1. The van der Waals surface area contributed by atoms with Gasteiger partial charge in [-0.05, 0) is 73.0 Å². The standard InChI is InChI=1S/C39H36ClN3O6/c1-25(8-6-14-36(45)41-21-7-9-29(41)24-44)39(48)31-22-27(40)17-20-32(31)42(38(39)47)23-26-15-18-28(19-16-26)43-33-11-3-5-13-35(33)49-34-12-4-2-10-30(34)37(43)46/h2-6,8,10-13,15-20,22,25,29,44,48H,7,9,14,21,23-24H2,1H3/b8-6+/t25-,29+,39+/m1/s1. The SMILES string of the molecule is C[C@H](/C=C/CC(=O)N1CCC[C@H]1CO)[C@@]1(O)C(=O)N(Cc2ccc(N3C(=O)c4ccccc4Oc4ccccc43)cc2)c2ccc(Cl)cc21. The van der Waals surface area contributed by atoms with E-state index in [1.807, 2.05) is 54.6 Å². The molecule has 4 aromatic carbocycles. The van der Waals surface area contributed by atoms with Crippen molar-refractivity contribution in [2.24, 2.45) is 5.92 Å². The molecule has 1 fully saturated rings. The van der Waals surface area contributed by atoms with E-state index in [1.165, 1.54) is 0 Å². The zero-order valence-electron chi connectivity index (χ0n) is 27.0. The van der Waals surface area contributed by atoms with Gasteiger partial charge in [0.15, 0.2) is 11.4 Å². The number of aliphatic hydroxyl groups excluding tert-OH is 1. The normalized spacial score (nSPS) is 20.6. The van der Waals surface area contributed by atoms with Gasteiger partial charge in [0, 0.05) is 35.2 Å². The molecule has 7 rings (SSSR count). The van der Waals surface area contributed by atoms with Gasteiger partial charge in [0.2, 0.25) is 5.91 Å². The number of benzene rings is 4. The summed E-state index contributed by atoms with van der Waals surface area (Å²) in [5, 5.41) is 22.1. The van der Waals surface area contributed by atoms with Crippen LogP contribution in [0.2, 0.25) is 5.02 Å². The number of ether oxygens (including phenoxy) is 1. The first-order chi connectivity index (χ1) is 23.7. The molecule has 3 aliphatic heterocycles. The molecule has 0 aliphatic carbocycles. The summed E-state index contributed by atoms with van der Waals surface area (Å²) in [6.45, 7) is 2.46. The minimum absolute atomic E-state index is 0.0654. The van der Waals surface area contributed by atoms with Crippen LogP contribution < -0.4 is 14.5 Å². The predicted octanol–water partition coefficient (Wildman–Crippen LogP) is 6.72. The molecule has 1 saturated heterocycles. The quantitative estimate of drug-likeness (QED) is 0.200. The molecule has 0 bridgehead atoms. The Balaban J connectivity index is 1.13. The van der Waals surface area contributed by atoms with Crippen molar-refractivity contribution in [3.63, 3.8) is 0 Å². The molecule has 3 aliphatic rings. The number of carbonyl (C=O) groups excluding carboxylic acids is 3. The number of nitrogens with zero attached hydrogens (tertiary/aromatic N) is 3. The van der Waals surface area contributed by atoms with E-state index in [-0.39, 0.29) is 37.4 Å². The Morgan fingerprint density at radius 2 is 1.73 bits per heavy atom. The monoisotopic (exact) mass is 677 g/mol. The third kappa shape index (κ3) is 5.77. The lowest BCUT2D eigenvalue weighted by molar-refractivity contribution is -0.139. The first kappa shape index (κ1) is 32.6. The third-order valence-electron chi connectivity index (χ3n) is 9.70. The Morgan fingerprint density at radius 3 is 2.51 bits per heavy atom. The number of fused-ring (bicyclic) bond motifs is 3. The molecular weight excluding hydrogens is 642 g/mol. The van der Waals surface area contributed by atoms with Gasteiger partial charge in [0.1, 0.15) is 5.75 Å². The smallest absolute Gasteiger partial charge is 0.266 e. The highest BCUT2D eigenvalue weighted by Crippen LogP contribution is 2.47. The maximum absolute atomic E-state index is 14.1. The summed E-state index contributed by atoms with van der Waals surface area (Å²) in [7, 11) is 0. The molecule has 3 atom stereocenters. The Hall–Kier alpha value is -4.96. The average molecular weight is 678 g/mol. The van der Waals surface area contributed by atoms with Crippen molar-refractivity contribution in [3.8, 4) is 11.5 Å². The van der Waals surface area contributed by atoms with Crippen LogP contribution in [0, 0.1) is 5.92 Å². The number of aliphatic hydroxyl groups is 2. The van der Waals surface area contributed by atoms with Crippen LogP contribution in [0.4, 0.5) is 17.1 Å². The molecule has 49 heavy (non-hydrogen) atoms. The number of rotatable bonds is 8. The van der Waals surface area contributed by atoms with E-state index in [0.717, 1.165) is 18.4 Å². The highest BCUT2D eigenvalue weighted by atomic mass is 35.5. The van der Waals surface area contributed by atoms with Crippen LogP contribution in [0.5, 0.6) is 11.5 Å². The zero-order valence-corrected chi connectivity index (χ0v) is 27.7. The highest BCUT2D eigenvalue weighted by Gasteiger charge is 2.52. The Bertz CT molecular complexity index is 1960. The van der Waals surface area contributed by atoms with Crippen LogP contribution in [-0.2, 0) is 21.7 Å². The van der Waals surface area contributed by atoms with Gasteiger partial charge in [0.05, 0.1) is 36.1 Å². The molecule has 9 nitrogen and oxygen atoms in total. The van der Waals surface area contributed by atoms with E-state index in [9.17, 15) is 24.6 Å². The van der Waals surface area contributed by atoms with Crippen molar-refractivity contribution >= 4 is 46.4 Å². The number of hydrogen-bond donors (Lipinski definition) is 2. The fraction of sp³-hybridized carbons (Fsp3) is 0.256. The van der Waals surface area contributed by atoms with Gasteiger partial charge in [-0.2, -0.15) is 0 Å². The number of halogens is 1.